The molecule has 2 aromatic rings. The van der Waals surface area contributed by atoms with E-state index in [9.17, 15) is 4.79 Å². The van der Waals surface area contributed by atoms with Crippen molar-refractivity contribution < 1.29 is 9.21 Å². The topological polar surface area (TPSA) is 48.7 Å². The molecule has 1 unspecified atom stereocenters. The highest BCUT2D eigenvalue weighted by molar-refractivity contribution is 5.74. The Labute approximate surface area is 155 Å². The van der Waals surface area contributed by atoms with Crippen LogP contribution in [0.25, 0.3) is 0 Å². The molecule has 1 saturated heterocycles. The van der Waals surface area contributed by atoms with Crippen LogP contribution in [0.1, 0.15) is 42.2 Å². The van der Waals surface area contributed by atoms with Crippen LogP contribution in [0.2, 0.25) is 0 Å². The Hall–Kier alpha value is -2.27. The van der Waals surface area contributed by atoms with E-state index >= 15 is 0 Å². The number of hydrogen-bond donors (Lipinski definition) is 1. The average Bonchev–Trinajstić information content (AvgIpc) is 3.23. The van der Waals surface area contributed by atoms with E-state index in [0.29, 0.717) is 13.1 Å². The van der Waals surface area contributed by atoms with Crippen LogP contribution in [-0.4, -0.2) is 42.0 Å². The number of furan rings is 1. The molecule has 0 spiro atoms. The first-order valence-corrected chi connectivity index (χ1v) is 9.68. The summed E-state index contributed by atoms with van der Waals surface area (Å²) >= 11 is 0. The number of urea groups is 1. The molecule has 26 heavy (non-hydrogen) atoms. The molecule has 1 aromatic heterocycles. The molecule has 5 heteroatoms. The zero-order valence-electron chi connectivity index (χ0n) is 15.2. The Morgan fingerprint density at radius 1 is 1.04 bits per heavy atom. The fourth-order valence-electron chi connectivity index (χ4n) is 4.09. The Morgan fingerprint density at radius 3 is 2.62 bits per heavy atom. The lowest BCUT2D eigenvalue weighted by atomic mass is 10.0. The van der Waals surface area contributed by atoms with Crippen molar-refractivity contribution in [2.75, 3.05) is 26.2 Å². The molecule has 1 fully saturated rings. The highest BCUT2D eigenvalue weighted by atomic mass is 16.3. The molecule has 0 aliphatic carbocycles. The van der Waals surface area contributed by atoms with Gasteiger partial charge in [-0.2, -0.15) is 0 Å². The van der Waals surface area contributed by atoms with Gasteiger partial charge in [0, 0.05) is 19.6 Å². The Bertz CT molecular complexity index is 723. The van der Waals surface area contributed by atoms with Crippen LogP contribution < -0.4 is 5.32 Å². The maximum absolute atomic E-state index is 12.7. The third kappa shape index (κ3) is 3.78. The summed E-state index contributed by atoms with van der Waals surface area (Å²) in [7, 11) is 0. The number of benzene rings is 1. The fourth-order valence-corrected chi connectivity index (χ4v) is 4.09. The molecule has 0 bridgehead atoms. The average molecular weight is 353 g/mol. The number of piperidine rings is 1. The third-order valence-electron chi connectivity index (χ3n) is 5.57. The molecule has 2 aliphatic rings. The maximum Gasteiger partial charge on any atom is 0.317 e. The number of carbonyl (C=O) groups is 1. The van der Waals surface area contributed by atoms with Gasteiger partial charge in [0.1, 0.15) is 5.76 Å². The smallest absolute Gasteiger partial charge is 0.317 e. The first kappa shape index (κ1) is 17.2. The zero-order chi connectivity index (χ0) is 17.8. The lowest BCUT2D eigenvalue weighted by Gasteiger charge is -2.34. The zero-order valence-corrected chi connectivity index (χ0v) is 15.2. The predicted molar refractivity (Wildman–Crippen MR) is 101 cm³/mol. The Balaban J connectivity index is 1.39. The van der Waals surface area contributed by atoms with Crippen LogP contribution in [0.15, 0.2) is 47.1 Å². The van der Waals surface area contributed by atoms with E-state index < -0.39 is 0 Å². The molecule has 2 amide bonds. The molecule has 5 nitrogen and oxygen atoms in total. The van der Waals surface area contributed by atoms with Crippen LogP contribution in [-0.2, 0) is 13.0 Å². The SMILES string of the molecule is O=C(NCC(c1ccco1)N1CCCCC1)N1CCc2ccccc2C1. The number of rotatable bonds is 4. The van der Waals surface area contributed by atoms with Gasteiger partial charge in [0.2, 0.25) is 0 Å². The summed E-state index contributed by atoms with van der Waals surface area (Å²) in [5.74, 6) is 0.941. The minimum absolute atomic E-state index is 0.0214. The Kier molecular flexibility index (Phi) is 5.25. The molecule has 1 atom stereocenters. The highest BCUT2D eigenvalue weighted by Crippen LogP contribution is 2.25. The van der Waals surface area contributed by atoms with E-state index in [1.807, 2.05) is 23.1 Å². The van der Waals surface area contributed by atoms with Gasteiger partial charge in [0.15, 0.2) is 0 Å². The van der Waals surface area contributed by atoms with Crippen molar-refractivity contribution in [3.8, 4) is 0 Å². The number of nitrogens with zero attached hydrogens (tertiary/aromatic N) is 2. The number of hydrogen-bond acceptors (Lipinski definition) is 3. The molecule has 1 aromatic carbocycles. The lowest BCUT2D eigenvalue weighted by molar-refractivity contribution is 0.138. The number of fused-ring (bicyclic) bond motifs is 1. The Morgan fingerprint density at radius 2 is 1.85 bits per heavy atom. The molecule has 1 N–H and O–H groups in total. The largest absolute Gasteiger partial charge is 0.468 e. The van der Waals surface area contributed by atoms with Gasteiger partial charge in [-0.25, -0.2) is 4.79 Å². The highest BCUT2D eigenvalue weighted by Gasteiger charge is 2.26. The molecule has 2 aliphatic heterocycles. The van der Waals surface area contributed by atoms with Crippen LogP contribution in [0, 0.1) is 0 Å². The quantitative estimate of drug-likeness (QED) is 0.914. The summed E-state index contributed by atoms with van der Waals surface area (Å²) in [5.41, 5.74) is 2.62. The van der Waals surface area contributed by atoms with Crippen molar-refractivity contribution in [3.05, 3.63) is 59.5 Å². The predicted octanol–water partition coefficient (Wildman–Crippen LogP) is 3.57. The summed E-state index contributed by atoms with van der Waals surface area (Å²) < 4.78 is 5.67. The summed E-state index contributed by atoms with van der Waals surface area (Å²) in [6.45, 7) is 4.19. The summed E-state index contributed by atoms with van der Waals surface area (Å²) in [6.07, 6.45) is 6.37. The first-order valence-electron chi connectivity index (χ1n) is 9.68. The molecule has 138 valence electrons. The molecule has 4 rings (SSSR count). The molecule has 0 saturated carbocycles. The van der Waals surface area contributed by atoms with Crippen molar-refractivity contribution in [3.63, 3.8) is 0 Å². The van der Waals surface area contributed by atoms with E-state index in [4.69, 9.17) is 4.42 Å². The van der Waals surface area contributed by atoms with Crippen molar-refractivity contribution >= 4 is 6.03 Å². The standard InChI is InChI=1S/C21H27N3O2/c25-21(24-13-10-17-7-2-3-8-18(17)16-24)22-15-19(20-9-6-14-26-20)23-11-4-1-5-12-23/h2-3,6-9,14,19H,1,4-5,10-13,15-16H2,(H,22,25). The van der Waals surface area contributed by atoms with Gasteiger partial charge in [-0.3, -0.25) is 4.90 Å². The summed E-state index contributed by atoms with van der Waals surface area (Å²) in [4.78, 5) is 17.1. The van der Waals surface area contributed by atoms with Crippen LogP contribution in [0.4, 0.5) is 4.79 Å². The van der Waals surface area contributed by atoms with E-state index in [-0.39, 0.29) is 12.1 Å². The maximum atomic E-state index is 12.7. The molecular weight excluding hydrogens is 326 g/mol. The molecule has 3 heterocycles. The van der Waals surface area contributed by atoms with Crippen LogP contribution in [0.5, 0.6) is 0 Å². The minimum Gasteiger partial charge on any atom is -0.468 e. The number of likely N-dealkylation sites (tertiary alicyclic amines) is 1. The van der Waals surface area contributed by atoms with Gasteiger partial charge >= 0.3 is 6.03 Å². The van der Waals surface area contributed by atoms with Crippen LogP contribution in [0.3, 0.4) is 0 Å². The second-order valence-corrected chi connectivity index (χ2v) is 7.25. The van der Waals surface area contributed by atoms with Crippen LogP contribution >= 0.6 is 0 Å². The van der Waals surface area contributed by atoms with E-state index in [2.05, 4.69) is 28.4 Å². The monoisotopic (exact) mass is 353 g/mol. The lowest BCUT2D eigenvalue weighted by Crippen LogP contribution is -2.46. The van der Waals surface area contributed by atoms with Crippen molar-refractivity contribution in [2.45, 2.75) is 38.3 Å². The van der Waals surface area contributed by atoms with Gasteiger partial charge in [0.25, 0.3) is 0 Å². The van der Waals surface area contributed by atoms with Gasteiger partial charge < -0.3 is 14.6 Å². The fraction of sp³-hybridized carbons (Fsp3) is 0.476. The van der Waals surface area contributed by atoms with E-state index in [1.54, 1.807) is 6.26 Å². The van der Waals surface area contributed by atoms with Crippen molar-refractivity contribution in [2.24, 2.45) is 0 Å². The van der Waals surface area contributed by atoms with E-state index in [1.165, 1.54) is 30.4 Å². The number of nitrogens with one attached hydrogen (secondary N) is 1. The normalized spacial score (nSPS) is 19.0. The first-order chi connectivity index (χ1) is 12.8. The summed E-state index contributed by atoms with van der Waals surface area (Å²) in [5, 5.41) is 3.15. The van der Waals surface area contributed by atoms with Gasteiger partial charge in [-0.1, -0.05) is 30.7 Å². The minimum atomic E-state index is 0.0214. The van der Waals surface area contributed by atoms with Gasteiger partial charge in [-0.05, 0) is 55.6 Å². The van der Waals surface area contributed by atoms with Gasteiger partial charge in [0.05, 0.1) is 12.3 Å². The third-order valence-corrected chi connectivity index (χ3v) is 5.57. The van der Waals surface area contributed by atoms with E-state index in [0.717, 1.165) is 31.8 Å². The molecule has 0 radical (unpaired) electrons. The van der Waals surface area contributed by atoms with Gasteiger partial charge in [-0.15, -0.1) is 0 Å². The van der Waals surface area contributed by atoms with Crippen molar-refractivity contribution in [1.82, 2.24) is 15.1 Å². The number of carbonyl (C=O) groups excluding carboxylic acids is 1. The van der Waals surface area contributed by atoms with Crippen molar-refractivity contribution in [1.29, 1.82) is 0 Å². The molecular formula is C21H27N3O2. The summed E-state index contributed by atoms with van der Waals surface area (Å²) in [6, 6.07) is 12.5. The second-order valence-electron chi connectivity index (χ2n) is 7.25. The number of amides is 2. The second kappa shape index (κ2) is 7.96.